The van der Waals surface area contributed by atoms with E-state index in [-0.39, 0.29) is 19.6 Å². The van der Waals surface area contributed by atoms with E-state index in [1.807, 2.05) is 24.3 Å². The number of benzene rings is 2. The molecule has 0 spiro atoms. The summed E-state index contributed by atoms with van der Waals surface area (Å²) in [6.07, 6.45) is 6.45. The number of carbonyl (C=O) groups excluding carboxylic acids is 2. The normalized spacial score (nSPS) is 13.9. The molecule has 2 aromatic carbocycles. The van der Waals surface area contributed by atoms with Gasteiger partial charge in [-0.1, -0.05) is 44.0 Å². The van der Waals surface area contributed by atoms with E-state index < -0.39 is 35.5 Å². The molecule has 0 aliphatic carbocycles. The first-order chi connectivity index (χ1) is 21.5. The Hall–Kier alpha value is -4.80. The third-order valence-corrected chi connectivity index (χ3v) is 7.67. The molecule has 0 saturated heterocycles. The molecule has 0 saturated carbocycles. The molecule has 1 unspecified atom stereocenters. The minimum atomic E-state index is -1.18. The number of rotatable bonds is 12. The lowest BCUT2D eigenvalue weighted by Crippen LogP contribution is -2.44. The molecule has 1 amide bonds. The number of aromatic nitrogens is 3. The fourth-order valence-corrected chi connectivity index (χ4v) is 5.44. The van der Waals surface area contributed by atoms with Crippen LogP contribution in [0.5, 0.6) is 11.5 Å². The van der Waals surface area contributed by atoms with Crippen LogP contribution in [0.2, 0.25) is 0 Å². The molecular weight excluding hydrogens is 576 g/mol. The zero-order valence-electron chi connectivity index (χ0n) is 26.1. The number of imidazole rings is 1. The zero-order valence-corrected chi connectivity index (χ0v) is 26.1. The van der Waals surface area contributed by atoms with Gasteiger partial charge in [0.2, 0.25) is 12.7 Å². The number of carbonyl (C=O) groups is 3. The first-order valence-electron chi connectivity index (χ1n) is 15.3. The number of para-hydroxylation sites is 1. The van der Waals surface area contributed by atoms with Crippen molar-refractivity contribution in [3.05, 3.63) is 77.5 Å². The van der Waals surface area contributed by atoms with Gasteiger partial charge in [0, 0.05) is 42.6 Å². The molecule has 2 atom stereocenters. The Kier molecular flexibility index (Phi) is 9.45. The molecule has 3 heterocycles. The smallest absolute Gasteiger partial charge is 0.419 e. The summed E-state index contributed by atoms with van der Waals surface area (Å²) in [5.41, 5.74) is 2.08. The predicted molar refractivity (Wildman–Crippen MR) is 168 cm³/mol. The summed E-state index contributed by atoms with van der Waals surface area (Å²) in [5.74, 6) is -0.854. The molecule has 2 aromatic heterocycles. The Morgan fingerprint density at radius 1 is 1.09 bits per heavy atom. The molecule has 11 heteroatoms. The van der Waals surface area contributed by atoms with Crippen molar-refractivity contribution in [2.24, 2.45) is 0 Å². The summed E-state index contributed by atoms with van der Waals surface area (Å²) >= 11 is 0. The number of ether oxygens (including phenoxy) is 3. The van der Waals surface area contributed by atoms with E-state index in [0.717, 1.165) is 35.7 Å². The maximum atomic E-state index is 14.0. The van der Waals surface area contributed by atoms with Gasteiger partial charge in [-0.15, -0.1) is 0 Å². The molecule has 238 valence electrons. The number of carboxylic acids is 1. The number of nitrogens with one attached hydrogen (secondary N) is 2. The Morgan fingerprint density at radius 3 is 2.62 bits per heavy atom. The van der Waals surface area contributed by atoms with Crippen LogP contribution in [0.15, 0.2) is 54.9 Å². The van der Waals surface area contributed by atoms with Crippen LogP contribution in [0, 0.1) is 0 Å². The van der Waals surface area contributed by atoms with Gasteiger partial charge in [-0.2, -0.15) is 0 Å². The highest BCUT2D eigenvalue weighted by Crippen LogP contribution is 2.36. The number of unbranched alkanes of at least 4 members (excludes halogenated alkanes) is 2. The van der Waals surface area contributed by atoms with E-state index in [1.165, 1.54) is 4.57 Å². The number of H-pyrrole nitrogens is 1. The van der Waals surface area contributed by atoms with Crippen molar-refractivity contribution in [3.63, 3.8) is 0 Å². The Balaban J connectivity index is 1.45. The van der Waals surface area contributed by atoms with Gasteiger partial charge >= 0.3 is 12.1 Å². The van der Waals surface area contributed by atoms with Crippen LogP contribution in [0.25, 0.3) is 10.9 Å². The second-order valence-corrected chi connectivity index (χ2v) is 12.3. The lowest BCUT2D eigenvalue weighted by molar-refractivity contribution is -0.142. The van der Waals surface area contributed by atoms with Crippen molar-refractivity contribution in [2.45, 2.75) is 83.8 Å². The topological polar surface area (TPSA) is 145 Å². The summed E-state index contributed by atoms with van der Waals surface area (Å²) in [7, 11) is 0. The van der Waals surface area contributed by atoms with Gasteiger partial charge in [0.25, 0.3) is 0 Å². The quantitative estimate of drug-likeness (QED) is 0.171. The van der Waals surface area contributed by atoms with Crippen LogP contribution in [0.3, 0.4) is 0 Å². The summed E-state index contributed by atoms with van der Waals surface area (Å²) in [5, 5.41) is 13.8. The lowest BCUT2D eigenvalue weighted by atomic mass is 9.92. The molecule has 0 fully saturated rings. The first kappa shape index (κ1) is 31.6. The third-order valence-electron chi connectivity index (χ3n) is 7.67. The number of fused-ring (bicyclic) bond motifs is 2. The van der Waals surface area contributed by atoms with Crippen LogP contribution < -0.4 is 14.8 Å². The highest BCUT2D eigenvalue weighted by atomic mass is 16.7. The number of hydrogen-bond donors (Lipinski definition) is 3. The fourth-order valence-electron chi connectivity index (χ4n) is 5.44. The van der Waals surface area contributed by atoms with Crippen molar-refractivity contribution in [1.29, 1.82) is 0 Å². The first-order valence-corrected chi connectivity index (χ1v) is 15.3. The van der Waals surface area contributed by atoms with Gasteiger partial charge in [-0.3, -0.25) is 4.79 Å². The van der Waals surface area contributed by atoms with E-state index >= 15 is 0 Å². The van der Waals surface area contributed by atoms with Crippen LogP contribution in [-0.4, -0.2) is 56.0 Å². The van der Waals surface area contributed by atoms with E-state index in [0.29, 0.717) is 35.0 Å². The average Bonchev–Trinajstić information content (AvgIpc) is 3.73. The molecule has 0 bridgehead atoms. The molecule has 0 radical (unpaired) electrons. The SMILES string of the molecule is CCCCCc1nc(CC(C(=O)N[C@@H](Cc2c[nH]c3ccccc23)C(=O)O)c2ccc3c(c2)OCO3)cn1C(=O)OC(C)(C)C. The van der Waals surface area contributed by atoms with E-state index in [4.69, 9.17) is 19.2 Å². The number of aryl methyl sites for hydroxylation is 1. The molecule has 1 aliphatic rings. The van der Waals surface area contributed by atoms with Crippen molar-refractivity contribution in [1.82, 2.24) is 19.9 Å². The number of hydrogen-bond acceptors (Lipinski definition) is 7. The van der Waals surface area contributed by atoms with Crippen molar-refractivity contribution >= 4 is 28.9 Å². The number of aliphatic carboxylic acids is 1. The standard InChI is InChI=1S/C34H40N4O7/c1-5-6-7-12-30-36-23(19-38(30)33(42)45-34(2,3)4)17-25(21-13-14-28-29(16-21)44-20-43-28)31(39)37-27(32(40)41)15-22-18-35-26-11-9-8-10-24(22)26/h8-11,13-14,16,18-19,25,27,35H,5-7,12,15,17,20H2,1-4H3,(H,37,39)(H,40,41)/t25?,27-/m0/s1. The van der Waals surface area contributed by atoms with Crippen LogP contribution in [0.4, 0.5) is 4.79 Å². The second-order valence-electron chi connectivity index (χ2n) is 12.3. The van der Waals surface area contributed by atoms with Gasteiger partial charge in [0.15, 0.2) is 11.5 Å². The molecule has 1 aliphatic heterocycles. The van der Waals surface area contributed by atoms with E-state index in [2.05, 4.69) is 17.2 Å². The fraction of sp³-hybridized carbons (Fsp3) is 0.412. The van der Waals surface area contributed by atoms with Crippen LogP contribution in [-0.2, 0) is 33.6 Å². The number of nitrogens with zero attached hydrogens (tertiary/aromatic N) is 2. The molecule has 4 aromatic rings. The molecular formula is C34H40N4O7. The van der Waals surface area contributed by atoms with Crippen molar-refractivity contribution < 1.29 is 33.7 Å². The molecule has 45 heavy (non-hydrogen) atoms. The van der Waals surface area contributed by atoms with Gasteiger partial charge in [0.1, 0.15) is 17.5 Å². The van der Waals surface area contributed by atoms with Crippen LogP contribution >= 0.6 is 0 Å². The maximum Gasteiger partial charge on any atom is 0.419 e. The number of amides is 1. The monoisotopic (exact) mass is 616 g/mol. The van der Waals surface area contributed by atoms with Crippen molar-refractivity contribution in [3.8, 4) is 11.5 Å². The summed E-state index contributed by atoms with van der Waals surface area (Å²) in [4.78, 5) is 47.5. The largest absolute Gasteiger partial charge is 0.480 e. The van der Waals surface area contributed by atoms with Gasteiger partial charge in [-0.25, -0.2) is 19.1 Å². The average molecular weight is 617 g/mol. The van der Waals surface area contributed by atoms with Crippen molar-refractivity contribution in [2.75, 3.05) is 6.79 Å². The van der Waals surface area contributed by atoms with E-state index in [1.54, 1.807) is 51.4 Å². The Labute approximate surface area is 261 Å². The van der Waals surface area contributed by atoms with E-state index in [9.17, 15) is 19.5 Å². The minimum absolute atomic E-state index is 0.0722. The third kappa shape index (κ3) is 7.65. The highest BCUT2D eigenvalue weighted by molar-refractivity contribution is 5.90. The predicted octanol–water partition coefficient (Wildman–Crippen LogP) is 5.75. The molecule has 3 N–H and O–H groups in total. The number of carboxylic acid groups (broad SMARTS) is 1. The van der Waals surface area contributed by atoms with Gasteiger partial charge in [0.05, 0.1) is 11.6 Å². The summed E-state index contributed by atoms with van der Waals surface area (Å²) < 4.78 is 18.1. The molecule has 5 rings (SSSR count). The lowest BCUT2D eigenvalue weighted by Gasteiger charge is -2.21. The highest BCUT2D eigenvalue weighted by Gasteiger charge is 2.31. The molecule has 11 nitrogen and oxygen atoms in total. The summed E-state index contributed by atoms with van der Waals surface area (Å²) in [6, 6.07) is 11.7. The Bertz CT molecular complexity index is 1680. The zero-order chi connectivity index (χ0) is 32.1. The number of aromatic amines is 1. The Morgan fingerprint density at radius 2 is 1.87 bits per heavy atom. The summed E-state index contributed by atoms with van der Waals surface area (Å²) in [6.45, 7) is 7.57. The van der Waals surface area contributed by atoms with Crippen LogP contribution in [0.1, 0.15) is 75.5 Å². The second kappa shape index (κ2) is 13.5. The van der Waals surface area contributed by atoms with Gasteiger partial charge < -0.3 is 29.6 Å². The van der Waals surface area contributed by atoms with Gasteiger partial charge in [-0.05, 0) is 56.5 Å². The maximum absolute atomic E-state index is 14.0. The minimum Gasteiger partial charge on any atom is -0.480 e.